The van der Waals surface area contributed by atoms with E-state index in [0.717, 1.165) is 50.3 Å². The molecule has 0 bridgehead atoms. The Kier molecular flexibility index (Phi) is 4.76. The molecule has 6 rings (SSSR count). The maximum Gasteiger partial charge on any atom is 0.255 e. The van der Waals surface area contributed by atoms with E-state index in [-0.39, 0.29) is 29.6 Å². The van der Waals surface area contributed by atoms with Crippen LogP contribution in [0.15, 0.2) is 42.5 Å². The molecular weight excluding hydrogens is 416 g/mol. The predicted molar refractivity (Wildman–Crippen MR) is 124 cm³/mol. The molecule has 2 N–H and O–H groups in total. The maximum atomic E-state index is 13.1. The van der Waals surface area contributed by atoms with E-state index < -0.39 is 6.04 Å². The van der Waals surface area contributed by atoms with Gasteiger partial charge in [0.1, 0.15) is 6.04 Å². The fraction of sp³-hybridized carbons (Fsp3) is 0.423. The number of benzene rings is 2. The summed E-state index contributed by atoms with van der Waals surface area (Å²) in [5.41, 5.74) is 5.55. The molecule has 1 atom stereocenters. The van der Waals surface area contributed by atoms with E-state index in [0.29, 0.717) is 18.5 Å². The Labute approximate surface area is 193 Å². The summed E-state index contributed by atoms with van der Waals surface area (Å²) in [5, 5.41) is 6.02. The number of imide groups is 1. The number of likely N-dealkylation sites (tertiary alicyclic amines) is 1. The summed E-state index contributed by atoms with van der Waals surface area (Å²) < 4.78 is 0. The highest BCUT2D eigenvalue weighted by molar-refractivity contribution is 6.06. The van der Waals surface area contributed by atoms with Gasteiger partial charge in [-0.1, -0.05) is 36.4 Å². The molecule has 0 radical (unpaired) electrons. The fourth-order valence-electron chi connectivity index (χ4n) is 6.06. The van der Waals surface area contributed by atoms with Gasteiger partial charge in [0.05, 0.1) is 0 Å². The monoisotopic (exact) mass is 444 g/mol. The fourth-order valence-corrected chi connectivity index (χ4v) is 6.06. The van der Waals surface area contributed by atoms with Crippen LogP contribution >= 0.6 is 0 Å². The van der Waals surface area contributed by atoms with Crippen molar-refractivity contribution < 1.29 is 14.4 Å². The van der Waals surface area contributed by atoms with Crippen molar-refractivity contribution in [1.29, 1.82) is 0 Å². The van der Waals surface area contributed by atoms with Gasteiger partial charge in [0.2, 0.25) is 11.8 Å². The molecule has 7 nitrogen and oxygen atoms in total. The van der Waals surface area contributed by atoms with Crippen LogP contribution in [-0.4, -0.2) is 53.2 Å². The molecule has 2 aromatic rings. The van der Waals surface area contributed by atoms with Crippen LogP contribution in [0, 0.1) is 0 Å². The SMILES string of the molecule is O=C1CC[C@H](N2Cc3c(ccc4c3NCC43CCN(Cc4ccccc4)CC3)C2=O)C(=O)N1. The molecule has 0 saturated carbocycles. The lowest BCUT2D eigenvalue weighted by Gasteiger charge is -2.39. The van der Waals surface area contributed by atoms with Crippen LogP contribution in [0.3, 0.4) is 0 Å². The van der Waals surface area contributed by atoms with Crippen molar-refractivity contribution in [2.24, 2.45) is 0 Å². The lowest BCUT2D eigenvalue weighted by atomic mass is 9.73. The minimum Gasteiger partial charge on any atom is -0.384 e. The van der Waals surface area contributed by atoms with Gasteiger partial charge in [0.25, 0.3) is 5.91 Å². The van der Waals surface area contributed by atoms with Crippen molar-refractivity contribution in [1.82, 2.24) is 15.1 Å². The quantitative estimate of drug-likeness (QED) is 0.711. The Hall–Kier alpha value is -3.19. The van der Waals surface area contributed by atoms with Gasteiger partial charge in [-0.25, -0.2) is 0 Å². The average Bonchev–Trinajstić information content (AvgIpc) is 3.35. The van der Waals surface area contributed by atoms with E-state index in [2.05, 4.69) is 51.9 Å². The third-order valence-electron chi connectivity index (χ3n) is 7.96. The molecule has 170 valence electrons. The average molecular weight is 445 g/mol. The Bertz CT molecular complexity index is 1140. The number of piperidine rings is 2. The topological polar surface area (TPSA) is 81.8 Å². The highest BCUT2D eigenvalue weighted by Crippen LogP contribution is 2.48. The van der Waals surface area contributed by atoms with Gasteiger partial charge in [-0.3, -0.25) is 24.6 Å². The zero-order valence-corrected chi connectivity index (χ0v) is 18.6. The lowest BCUT2D eigenvalue weighted by Crippen LogP contribution is -2.52. The van der Waals surface area contributed by atoms with E-state index in [4.69, 9.17) is 0 Å². The summed E-state index contributed by atoms with van der Waals surface area (Å²) in [6.07, 6.45) is 2.84. The number of nitrogens with zero attached hydrogens (tertiary/aromatic N) is 2. The number of carbonyl (C=O) groups excluding carboxylic acids is 3. The number of hydrogen-bond acceptors (Lipinski definition) is 5. The van der Waals surface area contributed by atoms with Gasteiger partial charge in [0.15, 0.2) is 0 Å². The smallest absolute Gasteiger partial charge is 0.255 e. The second-order valence-corrected chi connectivity index (χ2v) is 9.81. The van der Waals surface area contributed by atoms with Crippen LogP contribution in [0.1, 0.15) is 52.7 Å². The summed E-state index contributed by atoms with van der Waals surface area (Å²) in [4.78, 5) is 41.2. The molecule has 0 aromatic heterocycles. The Morgan fingerprint density at radius 1 is 1.00 bits per heavy atom. The number of fused-ring (bicyclic) bond motifs is 4. The maximum absolute atomic E-state index is 13.1. The minimum atomic E-state index is -0.574. The molecule has 2 aromatic carbocycles. The normalized spacial score (nSPS) is 23.9. The van der Waals surface area contributed by atoms with Crippen LogP contribution in [0.5, 0.6) is 0 Å². The van der Waals surface area contributed by atoms with Crippen LogP contribution in [0.2, 0.25) is 0 Å². The number of carbonyl (C=O) groups is 3. The molecule has 4 aliphatic heterocycles. The number of rotatable bonds is 3. The highest BCUT2D eigenvalue weighted by Gasteiger charge is 2.46. The van der Waals surface area contributed by atoms with E-state index in [1.54, 1.807) is 4.90 Å². The van der Waals surface area contributed by atoms with Gasteiger partial charge < -0.3 is 10.2 Å². The Morgan fingerprint density at radius 3 is 2.55 bits per heavy atom. The van der Waals surface area contributed by atoms with E-state index in [1.165, 1.54) is 11.1 Å². The standard InChI is InChI=1S/C26H28N4O3/c31-22-9-8-21(24(32)28-22)30-15-19-18(25(30)33)6-7-20-23(19)27-16-26(20)10-12-29(13-11-26)14-17-4-2-1-3-5-17/h1-7,21,27H,8-16H2,(H,28,31,32)/t21-/m0/s1. The van der Waals surface area contributed by atoms with Gasteiger partial charge in [-0.2, -0.15) is 0 Å². The minimum absolute atomic E-state index is 0.0999. The van der Waals surface area contributed by atoms with Crippen LogP contribution in [0.4, 0.5) is 5.69 Å². The van der Waals surface area contributed by atoms with Gasteiger partial charge in [-0.05, 0) is 49.5 Å². The summed E-state index contributed by atoms with van der Waals surface area (Å²) in [6, 6.07) is 14.1. The summed E-state index contributed by atoms with van der Waals surface area (Å²) in [6.45, 7) is 4.40. The first kappa shape index (κ1) is 20.4. The molecule has 0 unspecified atom stereocenters. The predicted octanol–water partition coefficient (Wildman–Crippen LogP) is 2.41. The summed E-state index contributed by atoms with van der Waals surface area (Å²) in [5.74, 6) is -0.731. The number of nitrogens with one attached hydrogen (secondary N) is 2. The van der Waals surface area contributed by atoms with E-state index in [1.807, 2.05) is 6.07 Å². The van der Waals surface area contributed by atoms with E-state index in [9.17, 15) is 14.4 Å². The number of hydrogen-bond donors (Lipinski definition) is 2. The van der Waals surface area contributed by atoms with Gasteiger partial charge >= 0.3 is 0 Å². The third kappa shape index (κ3) is 3.33. The highest BCUT2D eigenvalue weighted by atomic mass is 16.2. The number of amides is 3. The molecule has 2 fully saturated rings. The molecule has 1 spiro atoms. The van der Waals surface area contributed by atoms with Crippen LogP contribution in [-0.2, 0) is 28.1 Å². The van der Waals surface area contributed by atoms with Crippen LogP contribution in [0.25, 0.3) is 0 Å². The molecule has 3 amide bonds. The first-order valence-electron chi connectivity index (χ1n) is 11.9. The first-order chi connectivity index (χ1) is 16.0. The zero-order valence-electron chi connectivity index (χ0n) is 18.6. The molecule has 33 heavy (non-hydrogen) atoms. The molecular formula is C26H28N4O3. The first-order valence-corrected chi connectivity index (χ1v) is 11.9. The molecule has 7 heteroatoms. The van der Waals surface area contributed by atoms with Gasteiger partial charge in [-0.15, -0.1) is 0 Å². The van der Waals surface area contributed by atoms with E-state index >= 15 is 0 Å². The molecule has 4 aliphatic rings. The second-order valence-electron chi connectivity index (χ2n) is 9.81. The largest absolute Gasteiger partial charge is 0.384 e. The van der Waals surface area contributed by atoms with Gasteiger partial charge in [0, 0.05) is 48.3 Å². The Balaban J connectivity index is 1.21. The van der Waals surface area contributed by atoms with Crippen molar-refractivity contribution in [3.8, 4) is 0 Å². The molecule has 0 aliphatic carbocycles. The van der Waals surface area contributed by atoms with Crippen molar-refractivity contribution in [2.75, 3.05) is 25.0 Å². The summed E-state index contributed by atoms with van der Waals surface area (Å²) >= 11 is 0. The molecule has 2 saturated heterocycles. The van der Waals surface area contributed by atoms with Crippen molar-refractivity contribution in [2.45, 2.75) is 50.2 Å². The molecule has 4 heterocycles. The van der Waals surface area contributed by atoms with Crippen molar-refractivity contribution in [3.63, 3.8) is 0 Å². The van der Waals surface area contributed by atoms with Crippen molar-refractivity contribution in [3.05, 3.63) is 64.7 Å². The van der Waals surface area contributed by atoms with Crippen LogP contribution < -0.4 is 10.6 Å². The summed E-state index contributed by atoms with van der Waals surface area (Å²) in [7, 11) is 0. The lowest BCUT2D eigenvalue weighted by molar-refractivity contribution is -0.136. The number of anilines is 1. The second kappa shape index (κ2) is 7.70. The van der Waals surface area contributed by atoms with Crippen molar-refractivity contribution >= 4 is 23.4 Å². The Morgan fingerprint density at radius 2 is 1.79 bits per heavy atom. The zero-order chi connectivity index (χ0) is 22.6. The third-order valence-corrected chi connectivity index (χ3v) is 7.96.